The standard InChI is InChI=1S/C6H12O3Si/c1-5(6(7)8)3-2-4-9-10/h3H,2,4H2,1,10H3,(H,7,8). The fourth-order valence-electron chi connectivity index (χ4n) is 0.481. The van der Waals surface area contributed by atoms with Crippen molar-refractivity contribution >= 4 is 16.5 Å². The molecule has 0 unspecified atom stereocenters. The number of carbonyl (C=O) groups is 1. The van der Waals surface area contributed by atoms with Crippen LogP contribution in [0.15, 0.2) is 11.6 Å². The molecule has 0 aromatic heterocycles. The molecule has 0 heterocycles. The summed E-state index contributed by atoms with van der Waals surface area (Å²) in [5, 5.41) is 8.38. The minimum atomic E-state index is -0.853. The van der Waals surface area contributed by atoms with Crippen molar-refractivity contribution in [3.05, 3.63) is 11.6 Å². The zero-order valence-corrected chi connectivity index (χ0v) is 8.26. The van der Waals surface area contributed by atoms with Crippen LogP contribution in [0.2, 0.25) is 0 Å². The van der Waals surface area contributed by atoms with E-state index < -0.39 is 5.97 Å². The molecule has 0 radical (unpaired) electrons. The Kier molecular flexibility index (Phi) is 4.88. The van der Waals surface area contributed by atoms with Crippen LogP contribution in [0, 0.1) is 0 Å². The molecule has 3 nitrogen and oxygen atoms in total. The first kappa shape index (κ1) is 9.39. The quantitative estimate of drug-likeness (QED) is 0.349. The Morgan fingerprint density at radius 1 is 1.80 bits per heavy atom. The molecule has 0 amide bonds. The molecule has 0 spiro atoms. The number of hydrogen-bond donors (Lipinski definition) is 1. The maximum absolute atomic E-state index is 10.2. The van der Waals surface area contributed by atoms with Crippen LogP contribution in [-0.4, -0.2) is 28.2 Å². The maximum Gasteiger partial charge on any atom is 0.330 e. The van der Waals surface area contributed by atoms with Crippen LogP contribution >= 0.6 is 0 Å². The predicted octanol–water partition coefficient (Wildman–Crippen LogP) is -0.296. The molecule has 0 saturated carbocycles. The number of rotatable bonds is 4. The number of carboxylic acids is 1. The SMILES string of the molecule is CC(=CCCO[SiH3])C(=O)O. The number of hydrogen-bond acceptors (Lipinski definition) is 2. The molecule has 0 aromatic rings. The highest BCUT2D eigenvalue weighted by molar-refractivity contribution is 5.97. The summed E-state index contributed by atoms with van der Waals surface area (Å²) in [6.45, 7) is 2.21. The van der Waals surface area contributed by atoms with E-state index >= 15 is 0 Å². The van der Waals surface area contributed by atoms with Gasteiger partial charge in [-0.05, 0) is 13.3 Å². The summed E-state index contributed by atoms with van der Waals surface area (Å²) in [6.07, 6.45) is 2.36. The highest BCUT2D eigenvalue weighted by atomic mass is 28.2. The summed E-state index contributed by atoms with van der Waals surface area (Å²) >= 11 is 0. The van der Waals surface area contributed by atoms with Crippen LogP contribution in [0.4, 0.5) is 0 Å². The monoisotopic (exact) mass is 160 g/mol. The zero-order chi connectivity index (χ0) is 7.98. The maximum atomic E-state index is 10.2. The van der Waals surface area contributed by atoms with E-state index in [9.17, 15) is 4.79 Å². The second-order valence-electron chi connectivity index (χ2n) is 1.97. The summed E-state index contributed by atoms with van der Waals surface area (Å²) in [7, 11) is 0.719. The molecule has 0 aromatic carbocycles. The molecular formula is C6H12O3Si. The van der Waals surface area contributed by atoms with Crippen molar-refractivity contribution in [2.75, 3.05) is 6.61 Å². The normalized spacial score (nSPS) is 11.9. The van der Waals surface area contributed by atoms with Crippen molar-refractivity contribution in [1.82, 2.24) is 0 Å². The average Bonchev–Trinajstić information content (AvgIpc) is 1.88. The van der Waals surface area contributed by atoms with Crippen LogP contribution in [0.3, 0.4) is 0 Å². The Morgan fingerprint density at radius 2 is 2.40 bits per heavy atom. The fourth-order valence-corrected chi connectivity index (χ4v) is 0.716. The Bertz CT molecular complexity index is 142. The van der Waals surface area contributed by atoms with Gasteiger partial charge in [0.05, 0.1) is 0 Å². The Balaban J connectivity index is 3.58. The van der Waals surface area contributed by atoms with E-state index in [4.69, 9.17) is 9.53 Å². The van der Waals surface area contributed by atoms with Gasteiger partial charge >= 0.3 is 5.97 Å². The van der Waals surface area contributed by atoms with Gasteiger partial charge in [-0.25, -0.2) is 4.79 Å². The molecule has 10 heavy (non-hydrogen) atoms. The lowest BCUT2D eigenvalue weighted by Gasteiger charge is -1.93. The van der Waals surface area contributed by atoms with Crippen molar-refractivity contribution in [2.45, 2.75) is 13.3 Å². The molecule has 0 fully saturated rings. The molecule has 0 saturated heterocycles. The van der Waals surface area contributed by atoms with Crippen LogP contribution < -0.4 is 0 Å². The second kappa shape index (κ2) is 5.19. The van der Waals surface area contributed by atoms with E-state index in [0.29, 0.717) is 18.6 Å². The highest BCUT2D eigenvalue weighted by Gasteiger charge is 1.96. The summed E-state index contributed by atoms with van der Waals surface area (Å²) in [6, 6.07) is 0. The first-order chi connectivity index (χ1) is 4.68. The topological polar surface area (TPSA) is 46.5 Å². The Morgan fingerprint density at radius 3 is 2.80 bits per heavy atom. The molecule has 0 aliphatic carbocycles. The third-order valence-corrected chi connectivity index (χ3v) is 1.52. The summed E-state index contributed by atoms with van der Waals surface area (Å²) < 4.78 is 4.87. The Labute approximate surface area is 63.2 Å². The van der Waals surface area contributed by atoms with E-state index in [-0.39, 0.29) is 0 Å². The van der Waals surface area contributed by atoms with Gasteiger partial charge < -0.3 is 9.53 Å². The lowest BCUT2D eigenvalue weighted by atomic mass is 10.2. The van der Waals surface area contributed by atoms with Crippen LogP contribution in [0.1, 0.15) is 13.3 Å². The van der Waals surface area contributed by atoms with E-state index in [0.717, 1.165) is 10.5 Å². The first-order valence-corrected chi connectivity index (χ1v) is 3.89. The largest absolute Gasteiger partial charge is 0.478 e. The average molecular weight is 160 g/mol. The van der Waals surface area contributed by atoms with Crippen molar-refractivity contribution < 1.29 is 14.3 Å². The minimum absolute atomic E-state index is 0.388. The number of aliphatic carboxylic acids is 1. The molecule has 0 atom stereocenters. The summed E-state index contributed by atoms with van der Waals surface area (Å²) in [4.78, 5) is 10.2. The van der Waals surface area contributed by atoms with Gasteiger partial charge in [-0.2, -0.15) is 0 Å². The van der Waals surface area contributed by atoms with Crippen molar-refractivity contribution in [2.24, 2.45) is 0 Å². The van der Waals surface area contributed by atoms with Gasteiger partial charge in [-0.3, -0.25) is 0 Å². The van der Waals surface area contributed by atoms with Crippen molar-refractivity contribution in [1.29, 1.82) is 0 Å². The van der Waals surface area contributed by atoms with E-state index in [1.807, 2.05) is 0 Å². The van der Waals surface area contributed by atoms with E-state index in [2.05, 4.69) is 0 Å². The lowest BCUT2D eigenvalue weighted by molar-refractivity contribution is -0.132. The van der Waals surface area contributed by atoms with Gasteiger partial charge in [0.2, 0.25) is 0 Å². The lowest BCUT2D eigenvalue weighted by Crippen LogP contribution is -1.96. The van der Waals surface area contributed by atoms with Crippen molar-refractivity contribution in [3.63, 3.8) is 0 Å². The van der Waals surface area contributed by atoms with Gasteiger partial charge in [-0.15, -0.1) is 0 Å². The zero-order valence-electron chi connectivity index (χ0n) is 6.26. The van der Waals surface area contributed by atoms with Gasteiger partial charge in [0.1, 0.15) is 10.5 Å². The fraction of sp³-hybridized carbons (Fsp3) is 0.500. The molecule has 0 aliphatic rings. The molecule has 0 rings (SSSR count). The third-order valence-electron chi connectivity index (χ3n) is 1.11. The van der Waals surface area contributed by atoms with Gasteiger partial charge in [0.15, 0.2) is 0 Å². The minimum Gasteiger partial charge on any atom is -0.478 e. The molecular weight excluding hydrogens is 148 g/mol. The molecule has 0 bridgehead atoms. The highest BCUT2D eigenvalue weighted by Crippen LogP contribution is 1.94. The summed E-state index contributed by atoms with van der Waals surface area (Å²) in [5.74, 6) is -0.853. The van der Waals surface area contributed by atoms with E-state index in [1.165, 1.54) is 0 Å². The Hall–Kier alpha value is -0.613. The van der Waals surface area contributed by atoms with Crippen molar-refractivity contribution in [3.8, 4) is 0 Å². The van der Waals surface area contributed by atoms with Crippen LogP contribution in [-0.2, 0) is 9.22 Å². The first-order valence-electron chi connectivity index (χ1n) is 3.07. The molecule has 58 valence electrons. The van der Waals surface area contributed by atoms with E-state index in [1.54, 1.807) is 13.0 Å². The smallest absolute Gasteiger partial charge is 0.330 e. The summed E-state index contributed by atoms with van der Waals surface area (Å²) in [5.41, 5.74) is 0.388. The molecule has 0 aliphatic heterocycles. The second-order valence-corrected chi connectivity index (χ2v) is 2.55. The van der Waals surface area contributed by atoms with Crippen LogP contribution in [0.5, 0.6) is 0 Å². The van der Waals surface area contributed by atoms with Gasteiger partial charge in [-0.1, -0.05) is 6.08 Å². The molecule has 1 N–H and O–H groups in total. The van der Waals surface area contributed by atoms with Crippen LogP contribution in [0.25, 0.3) is 0 Å². The predicted molar refractivity (Wildman–Crippen MR) is 41.9 cm³/mol. The molecule has 4 heteroatoms. The third kappa shape index (κ3) is 4.28. The van der Waals surface area contributed by atoms with Gasteiger partial charge in [0.25, 0.3) is 0 Å². The number of carboxylic acid groups (broad SMARTS) is 1. The van der Waals surface area contributed by atoms with Gasteiger partial charge in [0, 0.05) is 12.2 Å².